The first-order chi connectivity index (χ1) is 6.65. The molecule has 0 fully saturated rings. The summed E-state index contributed by atoms with van der Waals surface area (Å²) >= 11 is -0.513. The summed E-state index contributed by atoms with van der Waals surface area (Å²) in [5, 5.41) is -4.24. The normalized spacial score (nSPS) is 15.2. The van der Waals surface area contributed by atoms with Gasteiger partial charge in [0.2, 0.25) is 0 Å². The third kappa shape index (κ3) is 2.61. The van der Waals surface area contributed by atoms with Crippen molar-refractivity contribution in [2.24, 2.45) is 0 Å². The zero-order chi connectivity index (χ0) is 13.6. The Kier molecular flexibility index (Phi) is 4.00. The van der Waals surface area contributed by atoms with Crippen LogP contribution in [0.15, 0.2) is 0 Å². The van der Waals surface area contributed by atoms with Crippen molar-refractivity contribution in [1.82, 2.24) is 0 Å². The molecule has 16 heavy (non-hydrogen) atoms. The minimum atomic E-state index is -6.47. The van der Waals surface area contributed by atoms with Crippen LogP contribution in [0.2, 0.25) is 0 Å². The van der Waals surface area contributed by atoms with Crippen molar-refractivity contribution in [3.05, 3.63) is 0 Å². The van der Waals surface area contributed by atoms with E-state index in [1.54, 1.807) is 0 Å². The standard InChI is InChI=1S/C4BF10.Li/c6-1(7,3(10,11)12)5-2(8,9)4(13,14)15;/q+1;-1. The molecule has 0 N–H and O–H groups in total. The predicted octanol–water partition coefficient (Wildman–Crippen LogP) is 2.62. The molecule has 0 bridgehead atoms. The fourth-order valence-corrected chi connectivity index (χ4v) is 0.719. The van der Waals surface area contributed by atoms with E-state index in [0.717, 1.165) is 0 Å². The van der Waals surface area contributed by atoms with E-state index in [2.05, 4.69) is 0 Å². The van der Waals surface area contributed by atoms with Gasteiger partial charge in [0.25, 0.3) is 0 Å². The first-order valence-corrected chi connectivity index (χ1v) is 3.54. The van der Waals surface area contributed by atoms with Gasteiger partial charge in [-0.25, -0.2) is 0 Å². The van der Waals surface area contributed by atoms with Crippen LogP contribution in [0, 0.1) is 0 Å². The molecule has 0 aromatic rings. The zero-order valence-electron chi connectivity index (χ0n) is 7.36. The van der Waals surface area contributed by atoms with Crippen LogP contribution < -0.4 is 0 Å². The molecule has 0 aromatic carbocycles. The molecule has 0 atom stereocenters. The van der Waals surface area contributed by atoms with Crippen molar-refractivity contribution < 1.29 is 43.9 Å². The molecule has 0 rings (SSSR count). The van der Waals surface area contributed by atoms with Crippen LogP contribution in [0.3, 0.4) is 0 Å². The van der Waals surface area contributed by atoms with Crippen LogP contribution >= 0.6 is 0 Å². The van der Waals surface area contributed by atoms with Gasteiger partial charge in [0.1, 0.15) is 0 Å². The topological polar surface area (TPSA) is 0 Å². The van der Waals surface area contributed by atoms with E-state index in [0.29, 0.717) is 0 Å². The van der Waals surface area contributed by atoms with Crippen molar-refractivity contribution in [1.29, 1.82) is 0 Å². The Hall–Kier alpha value is -0.0377. The molecule has 0 saturated heterocycles. The second kappa shape index (κ2) is 4.01. The van der Waals surface area contributed by atoms with Gasteiger partial charge in [-0.1, -0.05) is 0 Å². The fourth-order valence-electron chi connectivity index (χ4n) is 0.719. The Labute approximate surface area is 91.4 Å². The quantitative estimate of drug-likeness (QED) is 0.526. The van der Waals surface area contributed by atoms with Crippen molar-refractivity contribution in [2.45, 2.75) is 24.0 Å². The number of rotatable bonds is 2. The number of hydrogen-bond donors (Lipinski definition) is 0. The fraction of sp³-hybridized carbons (Fsp3) is 1.00. The predicted molar refractivity (Wildman–Crippen MR) is 33.5 cm³/mol. The molecular formula is C4BF10Li. The third-order valence-electron chi connectivity index (χ3n) is 1.84. The molecule has 0 aromatic heterocycles. The van der Waals surface area contributed by atoms with Crippen LogP contribution in [-0.4, -0.2) is 46.8 Å². The molecule has 0 unspecified atom stereocenters. The monoisotopic (exact) mass is 256 g/mol. The van der Waals surface area contributed by atoms with Crippen molar-refractivity contribution >= 4 is 22.8 Å². The second-order valence-corrected chi connectivity index (χ2v) is 2.96. The summed E-state index contributed by atoms with van der Waals surface area (Å²) in [7, 11) is 0. The summed E-state index contributed by atoms with van der Waals surface area (Å²) in [6.07, 6.45) is -12.9. The summed E-state index contributed by atoms with van der Waals surface area (Å²) in [4.78, 5) is 0. The number of hydrogen-bond acceptors (Lipinski definition) is 0. The first-order valence-electron chi connectivity index (χ1n) is 3.54. The van der Waals surface area contributed by atoms with Gasteiger partial charge in [0.05, 0.1) is 0 Å². The summed E-state index contributed by atoms with van der Waals surface area (Å²) in [6.45, 7) is 0. The van der Waals surface area contributed by atoms with Gasteiger partial charge in [-0.05, 0) is 0 Å². The summed E-state index contributed by atoms with van der Waals surface area (Å²) in [6, 6.07) is 0. The number of halogens is 10. The third-order valence-corrected chi connectivity index (χ3v) is 1.84. The van der Waals surface area contributed by atoms with E-state index in [1.165, 1.54) is 0 Å². The second-order valence-electron chi connectivity index (χ2n) is 2.96. The zero-order valence-corrected chi connectivity index (χ0v) is 7.36. The molecule has 0 nitrogen and oxygen atoms in total. The van der Waals surface area contributed by atoms with E-state index >= 15 is 0 Å². The molecule has 0 aliphatic heterocycles. The number of alkyl halides is 10. The summed E-state index contributed by atoms with van der Waals surface area (Å²) in [5.74, 6) is -12.3. The van der Waals surface area contributed by atoms with Crippen LogP contribution in [0.25, 0.3) is 0 Å². The van der Waals surface area contributed by atoms with Crippen molar-refractivity contribution in [2.75, 3.05) is 0 Å². The maximum atomic E-state index is 12.2. The van der Waals surface area contributed by atoms with Crippen LogP contribution in [0.5, 0.6) is 0 Å². The van der Waals surface area contributed by atoms with Crippen LogP contribution in [0.1, 0.15) is 0 Å². The molecule has 12 heteroatoms. The average molecular weight is 256 g/mol. The van der Waals surface area contributed by atoms with E-state index < -0.39 is 46.8 Å². The van der Waals surface area contributed by atoms with E-state index in [1.807, 2.05) is 0 Å². The molecule has 0 radical (unpaired) electrons. The van der Waals surface area contributed by atoms with Gasteiger partial charge in [-0.3, -0.25) is 0 Å². The summed E-state index contributed by atoms with van der Waals surface area (Å²) < 4.78 is 118. The maximum absolute atomic E-state index is 12.2. The Morgan fingerprint density at radius 2 is 0.750 bits per heavy atom. The Morgan fingerprint density at radius 1 is 0.562 bits per heavy atom. The molecule has 0 saturated carbocycles. The molecule has 0 aliphatic carbocycles. The van der Waals surface area contributed by atoms with Crippen LogP contribution in [-0.2, 0) is 0 Å². The van der Waals surface area contributed by atoms with Crippen molar-refractivity contribution in [3.8, 4) is 0 Å². The molecule has 0 heterocycles. The van der Waals surface area contributed by atoms with Gasteiger partial charge in [-0.15, -0.1) is 0 Å². The van der Waals surface area contributed by atoms with Crippen molar-refractivity contribution in [3.63, 3.8) is 0 Å². The van der Waals surface area contributed by atoms with E-state index in [4.69, 9.17) is 0 Å². The Bertz CT molecular complexity index is 227. The summed E-state index contributed by atoms with van der Waals surface area (Å²) in [5.41, 5.74) is 0. The van der Waals surface area contributed by atoms with Gasteiger partial charge in [0.15, 0.2) is 0 Å². The minimum absolute atomic E-state index is 0.513. The first kappa shape index (κ1) is 16.0. The molecule has 0 spiro atoms. The molecule has 0 amide bonds. The SMILES string of the molecule is [Li][B](C(F)(F)C(F)(F)F)C(F)(F)C(F)(F)F. The Balaban J connectivity index is 5.30. The molecule has 0 aliphatic rings. The van der Waals surface area contributed by atoms with E-state index in [9.17, 15) is 43.9 Å². The average Bonchev–Trinajstić information content (AvgIpc) is 1.98. The van der Waals surface area contributed by atoms with Gasteiger partial charge < -0.3 is 0 Å². The Morgan fingerprint density at radius 3 is 0.875 bits per heavy atom. The van der Waals surface area contributed by atoms with Crippen LogP contribution in [0.4, 0.5) is 43.9 Å². The van der Waals surface area contributed by atoms with Gasteiger partial charge in [0, 0.05) is 0 Å². The molecule has 90 valence electrons. The molecular weight excluding hydrogens is 256 g/mol. The van der Waals surface area contributed by atoms with Gasteiger partial charge in [-0.2, -0.15) is 0 Å². The van der Waals surface area contributed by atoms with Gasteiger partial charge >= 0.3 is 90.7 Å². The van der Waals surface area contributed by atoms with E-state index in [-0.39, 0.29) is 0 Å².